The molecule has 2 radical (unpaired) electrons. The van der Waals surface area contributed by atoms with E-state index in [1.807, 2.05) is 0 Å². The van der Waals surface area contributed by atoms with E-state index < -0.39 is 22.1 Å². The van der Waals surface area contributed by atoms with Crippen molar-refractivity contribution in [1.82, 2.24) is 0 Å². The van der Waals surface area contributed by atoms with Gasteiger partial charge in [-0.1, -0.05) is 0 Å². The van der Waals surface area contributed by atoms with Crippen LogP contribution < -0.4 is 14.7 Å². The standard InChI is InChI=1S/3C2H7O2P.Bi/c3*1-5(2,3)4;/h3*1-2H3,(H,3,4);/q;;;+3/p-3. The Morgan fingerprint density at radius 3 is 0.562 bits per heavy atom. The molecule has 0 saturated carbocycles. The van der Waals surface area contributed by atoms with Crippen LogP contribution in [0.5, 0.6) is 0 Å². The molecule has 0 unspecified atom stereocenters. The van der Waals surface area contributed by atoms with Crippen molar-refractivity contribution < 1.29 is 28.4 Å². The summed E-state index contributed by atoms with van der Waals surface area (Å²) in [5, 5.41) is 0. The zero-order valence-electron chi connectivity index (χ0n) is 10.2. The van der Waals surface area contributed by atoms with Gasteiger partial charge in [0, 0.05) is 22.1 Å². The summed E-state index contributed by atoms with van der Waals surface area (Å²) in [5.41, 5.74) is 0. The van der Waals surface area contributed by atoms with E-state index in [4.69, 9.17) is 0 Å². The normalized spacial score (nSPS) is 11.1. The summed E-state index contributed by atoms with van der Waals surface area (Å²) in [5.74, 6) is 0. The second kappa shape index (κ2) is 10.4. The Hall–Kier alpha value is 1.45. The maximum absolute atomic E-state index is 9.66. The summed E-state index contributed by atoms with van der Waals surface area (Å²) in [6.07, 6.45) is 0. The molecule has 0 saturated heterocycles. The predicted octanol–water partition coefficient (Wildman–Crippen LogP) is -0.728. The Bertz CT molecular complexity index is 214. The molecule has 0 N–H and O–H groups in total. The summed E-state index contributed by atoms with van der Waals surface area (Å²) >= 11 is 0. The molecule has 0 bridgehead atoms. The predicted molar refractivity (Wildman–Crippen MR) is 64.1 cm³/mol. The van der Waals surface area contributed by atoms with Crippen LogP contribution in [0.1, 0.15) is 0 Å². The first-order chi connectivity index (χ1) is 6.00. The number of hydrogen-bond acceptors (Lipinski definition) is 6. The summed E-state index contributed by atoms with van der Waals surface area (Å²) in [4.78, 5) is 29.0. The fourth-order valence-corrected chi connectivity index (χ4v) is 0. The molecule has 10 heteroatoms. The van der Waals surface area contributed by atoms with Gasteiger partial charge in [0.1, 0.15) is 0 Å². The van der Waals surface area contributed by atoms with Crippen molar-refractivity contribution in [2.45, 2.75) is 0 Å². The average molecular weight is 488 g/mol. The van der Waals surface area contributed by atoms with Crippen LogP contribution in [0.2, 0.25) is 0 Å². The Balaban J connectivity index is -0.0000000655. The van der Waals surface area contributed by atoms with Crippen LogP contribution in [0, 0.1) is 0 Å². The molecule has 0 aromatic heterocycles. The molecule has 0 aliphatic carbocycles. The molecule has 0 aromatic rings. The topological polar surface area (TPSA) is 120 Å². The molecule has 6 nitrogen and oxygen atoms in total. The summed E-state index contributed by atoms with van der Waals surface area (Å²) < 4.78 is 29.0. The first-order valence-electron chi connectivity index (χ1n) is 3.78. The fraction of sp³-hybridized carbons (Fsp3) is 1.00. The second-order valence-corrected chi connectivity index (χ2v) is 11.3. The monoisotopic (exact) mass is 488 g/mol. The molecule has 0 aliphatic heterocycles. The maximum Gasteiger partial charge on any atom is 3.00 e. The second-order valence-electron chi connectivity index (χ2n) is 3.76. The van der Waals surface area contributed by atoms with Gasteiger partial charge >= 0.3 is 26.2 Å². The molecule has 0 rings (SSSR count). The average Bonchev–Trinajstić information content (AvgIpc) is 1.41. The third-order valence-electron chi connectivity index (χ3n) is 0. The minimum Gasteiger partial charge on any atom is -0.800 e. The van der Waals surface area contributed by atoms with Crippen molar-refractivity contribution >= 4 is 48.3 Å². The Kier molecular flexibility index (Phi) is 16.9. The van der Waals surface area contributed by atoms with E-state index in [9.17, 15) is 28.4 Å². The third-order valence-corrected chi connectivity index (χ3v) is 0. The first kappa shape index (κ1) is 26.1. The van der Waals surface area contributed by atoms with E-state index in [1.165, 1.54) is 40.0 Å². The van der Waals surface area contributed by atoms with Gasteiger partial charge in [0.2, 0.25) is 0 Å². The van der Waals surface area contributed by atoms with Gasteiger partial charge in [0.05, 0.1) is 0 Å². The first-order valence-corrected chi connectivity index (χ1v) is 11.3. The molecule has 0 aromatic carbocycles. The van der Waals surface area contributed by atoms with Gasteiger partial charge in [-0.2, -0.15) is 0 Å². The van der Waals surface area contributed by atoms with E-state index in [1.54, 1.807) is 0 Å². The van der Waals surface area contributed by atoms with E-state index >= 15 is 0 Å². The van der Waals surface area contributed by atoms with Crippen LogP contribution in [-0.2, 0) is 13.7 Å². The van der Waals surface area contributed by atoms with Crippen molar-refractivity contribution in [1.29, 1.82) is 0 Å². The molecular weight excluding hydrogens is 470 g/mol. The van der Waals surface area contributed by atoms with Gasteiger partial charge < -0.3 is 28.4 Å². The van der Waals surface area contributed by atoms with Gasteiger partial charge in [-0.3, -0.25) is 0 Å². The van der Waals surface area contributed by atoms with Crippen molar-refractivity contribution in [2.24, 2.45) is 0 Å². The minimum absolute atomic E-state index is 0. The Morgan fingerprint density at radius 2 is 0.562 bits per heavy atom. The van der Waals surface area contributed by atoms with Crippen LogP contribution in [0.15, 0.2) is 0 Å². The molecule has 0 spiro atoms. The molecular formula is C6H18BiO6P3. The molecule has 0 fully saturated rings. The van der Waals surface area contributed by atoms with Gasteiger partial charge in [-0.15, -0.1) is 0 Å². The van der Waals surface area contributed by atoms with Gasteiger partial charge in [0.15, 0.2) is 0 Å². The minimum atomic E-state index is -2.89. The summed E-state index contributed by atoms with van der Waals surface area (Å²) in [7, 11) is -8.67. The van der Waals surface area contributed by atoms with Crippen LogP contribution >= 0.6 is 22.1 Å². The zero-order chi connectivity index (χ0) is 13.5. The van der Waals surface area contributed by atoms with Crippen molar-refractivity contribution in [3.8, 4) is 0 Å². The maximum atomic E-state index is 9.66. The molecule has 0 aliphatic rings. The van der Waals surface area contributed by atoms with Crippen LogP contribution in [0.3, 0.4) is 0 Å². The largest absolute Gasteiger partial charge is 3.00 e. The van der Waals surface area contributed by atoms with E-state index in [2.05, 4.69) is 0 Å². The summed E-state index contributed by atoms with van der Waals surface area (Å²) in [6.45, 7) is 7.12. The van der Waals surface area contributed by atoms with Gasteiger partial charge in [0.25, 0.3) is 0 Å². The van der Waals surface area contributed by atoms with Crippen molar-refractivity contribution in [2.75, 3.05) is 40.0 Å². The van der Waals surface area contributed by atoms with Crippen LogP contribution in [0.25, 0.3) is 0 Å². The van der Waals surface area contributed by atoms with E-state index in [-0.39, 0.29) is 26.2 Å². The quantitative estimate of drug-likeness (QED) is 0.328. The van der Waals surface area contributed by atoms with Gasteiger partial charge in [-0.05, 0) is 40.0 Å². The molecule has 0 heterocycles. The third kappa shape index (κ3) is 1530. The van der Waals surface area contributed by atoms with Crippen LogP contribution in [0.4, 0.5) is 0 Å². The molecule has 0 atom stereocenters. The van der Waals surface area contributed by atoms with Crippen molar-refractivity contribution in [3.05, 3.63) is 0 Å². The zero-order valence-corrected chi connectivity index (χ0v) is 16.4. The SMILES string of the molecule is CP(C)(=O)[O-].CP(C)(=O)[O-].CP(C)(=O)[O-].[Bi+3]. The van der Waals surface area contributed by atoms with Gasteiger partial charge in [-0.25, -0.2) is 0 Å². The summed E-state index contributed by atoms with van der Waals surface area (Å²) in [6, 6.07) is 0. The fourth-order valence-electron chi connectivity index (χ4n) is 0. The van der Waals surface area contributed by atoms with E-state index in [0.717, 1.165) is 0 Å². The molecule has 0 amide bonds. The Labute approximate surface area is 116 Å². The molecule has 98 valence electrons. The van der Waals surface area contributed by atoms with Crippen LogP contribution in [-0.4, -0.2) is 66.2 Å². The number of hydrogen-bond donors (Lipinski definition) is 0. The Morgan fingerprint density at radius 1 is 0.562 bits per heavy atom. The van der Waals surface area contributed by atoms with Crippen molar-refractivity contribution in [3.63, 3.8) is 0 Å². The number of rotatable bonds is 0. The molecule has 16 heavy (non-hydrogen) atoms. The van der Waals surface area contributed by atoms with E-state index in [0.29, 0.717) is 0 Å². The smallest absolute Gasteiger partial charge is 0.800 e.